The number of carbonyl (C=O) groups is 2. The average molecular weight is 326 g/mol. The first kappa shape index (κ1) is 17.5. The number of nitrogens with zero attached hydrogens (tertiary/aromatic N) is 1. The van der Waals surface area contributed by atoms with Crippen molar-refractivity contribution in [3.8, 4) is 0 Å². The third-order valence-corrected chi connectivity index (χ3v) is 3.86. The van der Waals surface area contributed by atoms with Crippen LogP contribution in [0.25, 0.3) is 0 Å². The highest BCUT2D eigenvalue weighted by Crippen LogP contribution is 2.18. The highest BCUT2D eigenvalue weighted by atomic mass is 16.4. The van der Waals surface area contributed by atoms with Crippen molar-refractivity contribution in [3.63, 3.8) is 0 Å². The molecule has 0 aliphatic carbocycles. The molecule has 2 N–H and O–H groups in total. The Balaban J connectivity index is 2.11. The van der Waals surface area contributed by atoms with Gasteiger partial charge in [-0.1, -0.05) is 30.3 Å². The van der Waals surface area contributed by atoms with Gasteiger partial charge in [0.25, 0.3) is 0 Å². The molecule has 0 radical (unpaired) electrons. The predicted octanol–water partition coefficient (Wildman–Crippen LogP) is 3.37. The van der Waals surface area contributed by atoms with E-state index in [0.717, 1.165) is 16.8 Å². The second-order valence-corrected chi connectivity index (χ2v) is 5.55. The molecular formula is C19H22N2O3. The van der Waals surface area contributed by atoms with E-state index in [-0.39, 0.29) is 11.5 Å². The first-order chi connectivity index (χ1) is 11.5. The number of para-hydroxylation sites is 1. The van der Waals surface area contributed by atoms with Crippen LogP contribution >= 0.6 is 0 Å². The Hall–Kier alpha value is -2.82. The Morgan fingerprint density at radius 2 is 1.88 bits per heavy atom. The van der Waals surface area contributed by atoms with Crippen molar-refractivity contribution in [3.05, 3.63) is 65.2 Å². The fourth-order valence-electron chi connectivity index (χ4n) is 2.49. The predicted molar refractivity (Wildman–Crippen MR) is 93.9 cm³/mol. The van der Waals surface area contributed by atoms with Crippen molar-refractivity contribution in [1.29, 1.82) is 0 Å². The average Bonchev–Trinajstić information content (AvgIpc) is 2.58. The number of carboxylic acid groups (broad SMARTS) is 1. The summed E-state index contributed by atoms with van der Waals surface area (Å²) in [6.07, 6.45) is 0. The number of rotatable bonds is 7. The Bertz CT molecular complexity index is 728. The first-order valence-electron chi connectivity index (χ1n) is 7.90. The summed E-state index contributed by atoms with van der Waals surface area (Å²) in [5.41, 5.74) is 3.14. The summed E-state index contributed by atoms with van der Waals surface area (Å²) in [6, 6.07) is 14.7. The van der Waals surface area contributed by atoms with Gasteiger partial charge >= 0.3 is 5.97 Å². The SMILES string of the molecule is CCN(Cc1ccccc1NCc1cccc(C(=O)O)c1)C(C)=O. The number of hydrogen-bond donors (Lipinski definition) is 2. The molecule has 0 bridgehead atoms. The van der Waals surface area contributed by atoms with Gasteiger partial charge in [0.2, 0.25) is 5.91 Å². The molecule has 0 aromatic heterocycles. The number of benzene rings is 2. The van der Waals surface area contributed by atoms with Crippen LogP contribution in [0.3, 0.4) is 0 Å². The quantitative estimate of drug-likeness (QED) is 0.818. The maximum Gasteiger partial charge on any atom is 0.335 e. The van der Waals surface area contributed by atoms with E-state index in [1.54, 1.807) is 30.0 Å². The van der Waals surface area contributed by atoms with Gasteiger partial charge in [-0.25, -0.2) is 4.79 Å². The monoisotopic (exact) mass is 326 g/mol. The molecule has 0 heterocycles. The number of aromatic carboxylic acids is 1. The van der Waals surface area contributed by atoms with Crippen molar-refractivity contribution in [1.82, 2.24) is 4.90 Å². The minimum atomic E-state index is -0.933. The fraction of sp³-hybridized carbons (Fsp3) is 0.263. The van der Waals surface area contributed by atoms with Gasteiger partial charge in [0.1, 0.15) is 0 Å². The standard InChI is InChI=1S/C19H22N2O3/c1-3-21(14(2)22)13-17-8-4-5-10-18(17)20-12-15-7-6-9-16(11-15)19(23)24/h4-11,20H,3,12-13H2,1-2H3,(H,23,24). The van der Waals surface area contributed by atoms with Crippen molar-refractivity contribution < 1.29 is 14.7 Å². The van der Waals surface area contributed by atoms with E-state index in [2.05, 4.69) is 5.32 Å². The molecule has 1 amide bonds. The van der Waals surface area contributed by atoms with Crippen molar-refractivity contribution >= 4 is 17.6 Å². The van der Waals surface area contributed by atoms with Crippen LogP contribution in [-0.2, 0) is 17.9 Å². The fourth-order valence-corrected chi connectivity index (χ4v) is 2.49. The van der Waals surface area contributed by atoms with Gasteiger partial charge in [0.15, 0.2) is 0 Å². The molecule has 0 aliphatic rings. The maximum absolute atomic E-state index is 11.6. The highest BCUT2D eigenvalue weighted by Gasteiger charge is 2.10. The lowest BCUT2D eigenvalue weighted by Crippen LogP contribution is -2.28. The van der Waals surface area contributed by atoms with Crippen LogP contribution in [0.2, 0.25) is 0 Å². The lowest BCUT2D eigenvalue weighted by atomic mass is 10.1. The molecule has 2 rings (SSSR count). The summed E-state index contributed by atoms with van der Waals surface area (Å²) in [4.78, 5) is 24.4. The zero-order chi connectivity index (χ0) is 17.5. The molecule has 5 heteroatoms. The molecule has 2 aromatic rings. The molecule has 0 saturated carbocycles. The minimum Gasteiger partial charge on any atom is -0.478 e. The summed E-state index contributed by atoms with van der Waals surface area (Å²) < 4.78 is 0. The van der Waals surface area contributed by atoms with E-state index >= 15 is 0 Å². The van der Waals surface area contributed by atoms with Crippen molar-refractivity contribution in [2.45, 2.75) is 26.9 Å². The summed E-state index contributed by atoms with van der Waals surface area (Å²) in [7, 11) is 0. The number of anilines is 1. The molecule has 0 unspecified atom stereocenters. The lowest BCUT2D eigenvalue weighted by Gasteiger charge is -2.21. The number of amides is 1. The van der Waals surface area contributed by atoms with E-state index in [9.17, 15) is 9.59 Å². The number of carboxylic acids is 1. The van der Waals surface area contributed by atoms with Crippen molar-refractivity contribution in [2.24, 2.45) is 0 Å². The smallest absolute Gasteiger partial charge is 0.335 e. The van der Waals surface area contributed by atoms with Crippen LogP contribution in [0.4, 0.5) is 5.69 Å². The molecule has 0 atom stereocenters. The number of nitrogens with one attached hydrogen (secondary N) is 1. The van der Waals surface area contributed by atoms with E-state index in [1.165, 1.54) is 0 Å². The Labute approximate surface area is 141 Å². The summed E-state index contributed by atoms with van der Waals surface area (Å²) >= 11 is 0. The summed E-state index contributed by atoms with van der Waals surface area (Å²) in [5, 5.41) is 12.4. The number of hydrogen-bond acceptors (Lipinski definition) is 3. The van der Waals surface area contributed by atoms with Crippen LogP contribution in [0.1, 0.15) is 35.3 Å². The molecule has 5 nitrogen and oxygen atoms in total. The molecule has 2 aromatic carbocycles. The second kappa shape index (κ2) is 8.15. The Morgan fingerprint density at radius 3 is 2.54 bits per heavy atom. The molecule has 0 spiro atoms. The van der Waals surface area contributed by atoms with Gasteiger partial charge in [0, 0.05) is 32.2 Å². The van der Waals surface area contributed by atoms with Gasteiger partial charge in [-0.2, -0.15) is 0 Å². The largest absolute Gasteiger partial charge is 0.478 e. The Morgan fingerprint density at radius 1 is 1.12 bits per heavy atom. The number of carbonyl (C=O) groups excluding carboxylic acids is 1. The van der Waals surface area contributed by atoms with Crippen LogP contribution in [0.15, 0.2) is 48.5 Å². The zero-order valence-corrected chi connectivity index (χ0v) is 14.0. The second-order valence-electron chi connectivity index (χ2n) is 5.55. The third-order valence-electron chi connectivity index (χ3n) is 3.86. The molecule has 24 heavy (non-hydrogen) atoms. The summed E-state index contributed by atoms with van der Waals surface area (Å²) in [5.74, 6) is -0.890. The highest BCUT2D eigenvalue weighted by molar-refractivity contribution is 5.87. The van der Waals surface area contributed by atoms with E-state index < -0.39 is 5.97 Å². The van der Waals surface area contributed by atoms with E-state index in [1.807, 2.05) is 37.3 Å². The van der Waals surface area contributed by atoms with Crippen LogP contribution in [-0.4, -0.2) is 28.4 Å². The molecule has 0 fully saturated rings. The van der Waals surface area contributed by atoms with Gasteiger partial charge in [-0.15, -0.1) is 0 Å². The summed E-state index contributed by atoms with van der Waals surface area (Å²) in [6.45, 7) is 5.24. The third kappa shape index (κ3) is 4.59. The maximum atomic E-state index is 11.6. The van der Waals surface area contributed by atoms with E-state index in [4.69, 9.17) is 5.11 Å². The molecule has 126 valence electrons. The van der Waals surface area contributed by atoms with Crippen LogP contribution in [0.5, 0.6) is 0 Å². The van der Waals surface area contributed by atoms with Crippen LogP contribution in [0, 0.1) is 0 Å². The van der Waals surface area contributed by atoms with E-state index in [0.29, 0.717) is 19.6 Å². The van der Waals surface area contributed by atoms with Gasteiger partial charge < -0.3 is 15.3 Å². The molecule has 0 aliphatic heterocycles. The normalized spacial score (nSPS) is 10.2. The topological polar surface area (TPSA) is 69.6 Å². The minimum absolute atomic E-state index is 0.0430. The van der Waals surface area contributed by atoms with Crippen molar-refractivity contribution in [2.75, 3.05) is 11.9 Å². The molecule has 0 saturated heterocycles. The zero-order valence-electron chi connectivity index (χ0n) is 14.0. The van der Waals surface area contributed by atoms with Gasteiger partial charge in [-0.3, -0.25) is 4.79 Å². The Kier molecular flexibility index (Phi) is 5.95. The molecular weight excluding hydrogens is 304 g/mol. The van der Waals surface area contributed by atoms with Gasteiger partial charge in [0.05, 0.1) is 5.56 Å². The first-order valence-corrected chi connectivity index (χ1v) is 7.90. The van der Waals surface area contributed by atoms with Crippen LogP contribution < -0.4 is 5.32 Å². The van der Waals surface area contributed by atoms with Gasteiger partial charge in [-0.05, 0) is 36.2 Å². The lowest BCUT2D eigenvalue weighted by molar-refractivity contribution is -0.129.